The van der Waals surface area contributed by atoms with Crippen LogP contribution in [0.3, 0.4) is 0 Å². The zero-order valence-electron chi connectivity index (χ0n) is 15.4. The first kappa shape index (κ1) is 16.6. The highest BCUT2D eigenvalue weighted by Crippen LogP contribution is 2.45. The van der Waals surface area contributed by atoms with Gasteiger partial charge >= 0.3 is 7.12 Å². The minimum atomic E-state index is -0.297. The van der Waals surface area contributed by atoms with Crippen LogP contribution in [-0.2, 0) is 14.0 Å². The molecule has 4 rings (SSSR count). The summed E-state index contributed by atoms with van der Waals surface area (Å²) < 4.78 is 18.6. The molecular formula is C20H29BO3. The minimum Gasteiger partial charge on any atom is -0.399 e. The summed E-state index contributed by atoms with van der Waals surface area (Å²) in [4.78, 5) is 0. The first-order valence-corrected chi connectivity index (χ1v) is 9.48. The van der Waals surface area contributed by atoms with Crippen molar-refractivity contribution in [2.24, 2.45) is 0 Å². The molecule has 3 fully saturated rings. The lowest BCUT2D eigenvalue weighted by molar-refractivity contribution is 0.00578. The highest BCUT2D eigenvalue weighted by atomic mass is 16.7. The predicted molar refractivity (Wildman–Crippen MR) is 96.7 cm³/mol. The quantitative estimate of drug-likeness (QED) is 0.782. The van der Waals surface area contributed by atoms with Crippen LogP contribution >= 0.6 is 0 Å². The molecule has 0 bridgehead atoms. The summed E-state index contributed by atoms with van der Waals surface area (Å²) >= 11 is 0. The number of hydrogen-bond donors (Lipinski definition) is 0. The van der Waals surface area contributed by atoms with Crippen molar-refractivity contribution in [3.63, 3.8) is 0 Å². The van der Waals surface area contributed by atoms with Gasteiger partial charge in [0.1, 0.15) is 0 Å². The van der Waals surface area contributed by atoms with E-state index in [1.807, 2.05) is 0 Å². The van der Waals surface area contributed by atoms with Crippen LogP contribution < -0.4 is 5.46 Å². The molecule has 130 valence electrons. The second-order valence-corrected chi connectivity index (χ2v) is 8.61. The Labute approximate surface area is 146 Å². The van der Waals surface area contributed by atoms with Crippen molar-refractivity contribution < 1.29 is 14.0 Å². The van der Waals surface area contributed by atoms with Crippen molar-refractivity contribution in [1.82, 2.24) is 0 Å². The summed E-state index contributed by atoms with van der Waals surface area (Å²) in [6, 6.07) is 6.79. The molecule has 2 saturated heterocycles. The second-order valence-electron chi connectivity index (χ2n) is 8.61. The summed E-state index contributed by atoms with van der Waals surface area (Å²) in [7, 11) is -0.286. The Hall–Kier alpha value is -0.835. The van der Waals surface area contributed by atoms with Crippen LogP contribution in [0.5, 0.6) is 0 Å². The lowest BCUT2D eigenvalue weighted by Crippen LogP contribution is -2.41. The molecule has 1 unspecified atom stereocenters. The van der Waals surface area contributed by atoms with Crippen LogP contribution in [-0.4, -0.2) is 24.9 Å². The van der Waals surface area contributed by atoms with E-state index in [1.165, 1.54) is 36.8 Å². The molecule has 1 aromatic rings. The summed E-state index contributed by atoms with van der Waals surface area (Å²) in [6.45, 7) is 9.32. The van der Waals surface area contributed by atoms with Gasteiger partial charge in [0.05, 0.1) is 17.3 Å². The van der Waals surface area contributed by atoms with Gasteiger partial charge in [-0.2, -0.15) is 0 Å². The Bertz CT molecular complexity index is 599. The molecule has 2 aliphatic heterocycles. The van der Waals surface area contributed by atoms with Crippen molar-refractivity contribution in [1.29, 1.82) is 0 Å². The van der Waals surface area contributed by atoms with Gasteiger partial charge in [-0.15, -0.1) is 0 Å². The van der Waals surface area contributed by atoms with E-state index in [1.54, 1.807) is 0 Å². The molecule has 3 nitrogen and oxygen atoms in total. The third-order valence-electron chi connectivity index (χ3n) is 6.18. The predicted octanol–water partition coefficient (Wildman–Crippen LogP) is 4.10. The highest BCUT2D eigenvalue weighted by Gasteiger charge is 2.51. The highest BCUT2D eigenvalue weighted by molar-refractivity contribution is 6.62. The molecule has 1 atom stereocenters. The van der Waals surface area contributed by atoms with Crippen LogP contribution in [0.25, 0.3) is 0 Å². The van der Waals surface area contributed by atoms with E-state index in [-0.39, 0.29) is 24.4 Å². The summed E-state index contributed by atoms with van der Waals surface area (Å²) in [5.74, 6) is 0.734. The molecule has 0 radical (unpaired) electrons. The summed E-state index contributed by atoms with van der Waals surface area (Å²) in [5.41, 5.74) is 3.40. The van der Waals surface area contributed by atoms with Crippen LogP contribution in [0.4, 0.5) is 0 Å². The third kappa shape index (κ3) is 2.93. The molecule has 0 spiro atoms. The average Bonchev–Trinajstić information content (AvgIpc) is 3.35. The zero-order valence-corrected chi connectivity index (χ0v) is 15.4. The van der Waals surface area contributed by atoms with Gasteiger partial charge in [0.25, 0.3) is 0 Å². The fourth-order valence-corrected chi connectivity index (χ4v) is 3.75. The maximum atomic E-state index is 6.25. The van der Waals surface area contributed by atoms with E-state index < -0.39 is 0 Å². The Morgan fingerprint density at radius 1 is 0.917 bits per heavy atom. The lowest BCUT2D eigenvalue weighted by atomic mass is 9.76. The molecule has 1 saturated carbocycles. The fraction of sp³-hybridized carbons (Fsp3) is 0.700. The Morgan fingerprint density at radius 3 is 2.21 bits per heavy atom. The molecule has 1 aliphatic carbocycles. The van der Waals surface area contributed by atoms with Crippen LogP contribution in [0.15, 0.2) is 18.2 Å². The monoisotopic (exact) mass is 328 g/mol. The lowest BCUT2D eigenvalue weighted by Gasteiger charge is -2.32. The SMILES string of the molecule is CC1(C)OB(c2ccc(C3CC3)c(C3CCCCO3)c2)OC1(C)C. The third-order valence-corrected chi connectivity index (χ3v) is 6.18. The first-order chi connectivity index (χ1) is 11.4. The zero-order chi connectivity index (χ0) is 16.9. The Kier molecular flexibility index (Phi) is 4.06. The van der Waals surface area contributed by atoms with Crippen molar-refractivity contribution in [3.8, 4) is 0 Å². The minimum absolute atomic E-state index is 0.247. The van der Waals surface area contributed by atoms with E-state index in [2.05, 4.69) is 45.9 Å². The maximum absolute atomic E-state index is 6.25. The topological polar surface area (TPSA) is 27.7 Å². The number of hydrogen-bond acceptors (Lipinski definition) is 3. The number of benzene rings is 1. The maximum Gasteiger partial charge on any atom is 0.494 e. The van der Waals surface area contributed by atoms with Gasteiger partial charge in [0, 0.05) is 6.61 Å². The molecule has 4 heteroatoms. The Balaban J connectivity index is 1.65. The van der Waals surface area contributed by atoms with E-state index in [4.69, 9.17) is 14.0 Å². The average molecular weight is 328 g/mol. The molecule has 3 aliphatic rings. The molecule has 0 N–H and O–H groups in total. The van der Waals surface area contributed by atoms with Crippen molar-refractivity contribution in [2.75, 3.05) is 6.61 Å². The van der Waals surface area contributed by atoms with Crippen LogP contribution in [0.1, 0.15) is 82.9 Å². The van der Waals surface area contributed by atoms with Crippen molar-refractivity contribution >= 4 is 12.6 Å². The molecule has 2 heterocycles. The number of rotatable bonds is 3. The van der Waals surface area contributed by atoms with Gasteiger partial charge in [-0.1, -0.05) is 18.2 Å². The van der Waals surface area contributed by atoms with Crippen LogP contribution in [0, 0.1) is 0 Å². The molecule has 24 heavy (non-hydrogen) atoms. The van der Waals surface area contributed by atoms with Crippen molar-refractivity contribution in [3.05, 3.63) is 29.3 Å². The molecule has 0 aromatic heterocycles. The van der Waals surface area contributed by atoms with Gasteiger partial charge in [0.2, 0.25) is 0 Å². The molecule has 0 amide bonds. The van der Waals surface area contributed by atoms with Crippen molar-refractivity contribution in [2.45, 2.75) is 83.0 Å². The standard InChI is InChI=1S/C20H29BO3/c1-19(2)20(3,4)24-21(23-19)15-10-11-16(14-8-9-14)17(13-15)18-7-5-6-12-22-18/h10-11,13-14,18H,5-9,12H2,1-4H3. The van der Waals surface area contributed by atoms with E-state index in [0.29, 0.717) is 0 Å². The van der Waals surface area contributed by atoms with E-state index >= 15 is 0 Å². The Morgan fingerprint density at radius 2 is 1.62 bits per heavy atom. The smallest absolute Gasteiger partial charge is 0.399 e. The van der Waals surface area contributed by atoms with Crippen LogP contribution in [0.2, 0.25) is 0 Å². The van der Waals surface area contributed by atoms with Gasteiger partial charge in [-0.3, -0.25) is 0 Å². The summed E-state index contributed by atoms with van der Waals surface area (Å²) in [5, 5.41) is 0. The number of ether oxygens (including phenoxy) is 1. The van der Waals surface area contributed by atoms with Gasteiger partial charge in [-0.05, 0) is 82.3 Å². The van der Waals surface area contributed by atoms with Gasteiger partial charge in [0.15, 0.2) is 0 Å². The fourth-order valence-electron chi connectivity index (χ4n) is 3.75. The normalized spacial score (nSPS) is 29.0. The largest absolute Gasteiger partial charge is 0.494 e. The van der Waals surface area contributed by atoms with E-state index in [9.17, 15) is 0 Å². The van der Waals surface area contributed by atoms with Gasteiger partial charge in [-0.25, -0.2) is 0 Å². The molecular weight excluding hydrogens is 299 g/mol. The summed E-state index contributed by atoms with van der Waals surface area (Å²) in [6.07, 6.45) is 6.45. The molecule has 1 aromatic carbocycles. The van der Waals surface area contributed by atoms with Gasteiger partial charge < -0.3 is 14.0 Å². The second kappa shape index (κ2) is 5.86. The first-order valence-electron chi connectivity index (χ1n) is 9.48. The van der Waals surface area contributed by atoms with E-state index in [0.717, 1.165) is 24.4 Å².